The number of carboxylic acid groups (broad SMARTS) is 1. The highest BCUT2D eigenvalue weighted by atomic mass is 17.2. The molecule has 0 atom stereocenters. The van der Waals surface area contributed by atoms with E-state index in [9.17, 15) is 9.59 Å². The lowest BCUT2D eigenvalue weighted by molar-refractivity contribution is -0.149. The van der Waals surface area contributed by atoms with Crippen molar-refractivity contribution >= 4 is 44.3 Å². The molecular weight excluding hydrogens is 368 g/mol. The first-order chi connectivity index (χ1) is 14.1. The van der Waals surface area contributed by atoms with Crippen molar-refractivity contribution < 1.29 is 24.5 Å². The molecule has 0 radical (unpaired) electrons. The lowest BCUT2D eigenvalue weighted by Crippen LogP contribution is -2.09. The highest BCUT2D eigenvalue weighted by molar-refractivity contribution is 6.25. The molecule has 0 spiro atoms. The summed E-state index contributed by atoms with van der Waals surface area (Å²) in [4.78, 5) is 33.7. The summed E-state index contributed by atoms with van der Waals surface area (Å²) in [5, 5.41) is 15.1. The third-order valence-corrected chi connectivity index (χ3v) is 5.06. The molecule has 0 unspecified atom stereocenters. The van der Waals surface area contributed by atoms with Crippen LogP contribution in [0.2, 0.25) is 0 Å². The molecule has 1 N–H and O–H groups in total. The minimum absolute atomic E-state index is 0.121. The molecule has 0 aliphatic rings. The van der Waals surface area contributed by atoms with Crippen LogP contribution >= 0.6 is 0 Å². The summed E-state index contributed by atoms with van der Waals surface area (Å²) < 4.78 is 0. The van der Waals surface area contributed by atoms with Crippen LogP contribution in [0.3, 0.4) is 0 Å². The highest BCUT2D eigenvalue weighted by Gasteiger charge is 2.17. The Bertz CT molecular complexity index is 1370. The van der Waals surface area contributed by atoms with Gasteiger partial charge in [-0.1, -0.05) is 48.5 Å². The van der Waals surface area contributed by atoms with Crippen molar-refractivity contribution in [1.82, 2.24) is 0 Å². The molecule has 5 aromatic carbocycles. The lowest BCUT2D eigenvalue weighted by atomic mass is 9.92. The van der Waals surface area contributed by atoms with Gasteiger partial charge in [-0.2, -0.15) is 0 Å². The van der Waals surface area contributed by atoms with Crippen LogP contribution in [0.1, 0.15) is 20.7 Å². The zero-order valence-electron chi connectivity index (χ0n) is 15.1. The third-order valence-electron chi connectivity index (χ3n) is 5.06. The van der Waals surface area contributed by atoms with Gasteiger partial charge in [-0.15, -0.1) is 0 Å². The normalized spacial score (nSPS) is 11.2. The van der Waals surface area contributed by atoms with Gasteiger partial charge < -0.3 is 5.11 Å². The maximum atomic E-state index is 12.7. The van der Waals surface area contributed by atoms with Gasteiger partial charge in [0.1, 0.15) is 0 Å². The summed E-state index contributed by atoms with van der Waals surface area (Å²) in [5.41, 5.74) is 0.522. The van der Waals surface area contributed by atoms with Gasteiger partial charge in [0.05, 0.1) is 11.1 Å². The Balaban J connectivity index is 1.51. The van der Waals surface area contributed by atoms with Gasteiger partial charge in [-0.3, -0.25) is 4.89 Å². The summed E-state index contributed by atoms with van der Waals surface area (Å²) in [6, 6.07) is 23.4. The Labute approximate surface area is 165 Å². The van der Waals surface area contributed by atoms with Gasteiger partial charge in [0, 0.05) is 0 Å². The zero-order chi connectivity index (χ0) is 20.0. The molecule has 0 aliphatic heterocycles. The fourth-order valence-corrected chi connectivity index (χ4v) is 3.70. The summed E-state index contributed by atoms with van der Waals surface area (Å²) >= 11 is 0. The Morgan fingerprint density at radius 1 is 0.690 bits per heavy atom. The largest absolute Gasteiger partial charge is 0.478 e. The number of carboxylic acids is 1. The van der Waals surface area contributed by atoms with Crippen LogP contribution in [-0.2, 0) is 4.89 Å². The van der Waals surface area contributed by atoms with E-state index < -0.39 is 11.9 Å². The first-order valence-corrected chi connectivity index (χ1v) is 9.00. The van der Waals surface area contributed by atoms with E-state index in [1.807, 2.05) is 30.3 Å². The van der Waals surface area contributed by atoms with Crippen LogP contribution in [-0.4, -0.2) is 17.0 Å². The molecule has 0 saturated carbocycles. The Morgan fingerprint density at radius 2 is 1.31 bits per heavy atom. The van der Waals surface area contributed by atoms with E-state index >= 15 is 0 Å². The van der Waals surface area contributed by atoms with Crippen LogP contribution in [0.15, 0.2) is 78.9 Å². The predicted molar refractivity (Wildman–Crippen MR) is 110 cm³/mol. The molecule has 0 bridgehead atoms. The predicted octanol–water partition coefficient (Wildman–Crippen LogP) is 5.43. The summed E-state index contributed by atoms with van der Waals surface area (Å²) in [5.74, 6) is -1.42. The molecule has 0 aromatic heterocycles. The van der Waals surface area contributed by atoms with Crippen molar-refractivity contribution in [1.29, 1.82) is 0 Å². The lowest BCUT2D eigenvalue weighted by Gasteiger charge is -2.13. The van der Waals surface area contributed by atoms with E-state index in [4.69, 9.17) is 14.9 Å². The number of aromatic carboxylic acids is 1. The van der Waals surface area contributed by atoms with Crippen molar-refractivity contribution in [2.24, 2.45) is 0 Å². The quantitative estimate of drug-likeness (QED) is 0.255. The first-order valence-electron chi connectivity index (χ1n) is 9.00. The van der Waals surface area contributed by atoms with Crippen molar-refractivity contribution in [3.05, 3.63) is 90.0 Å². The van der Waals surface area contributed by atoms with E-state index in [0.29, 0.717) is 5.56 Å². The smallest absolute Gasteiger partial charge is 0.386 e. The van der Waals surface area contributed by atoms with E-state index in [1.165, 1.54) is 24.3 Å². The monoisotopic (exact) mass is 382 g/mol. The molecular formula is C24H14O5. The third kappa shape index (κ3) is 2.80. The highest BCUT2D eigenvalue weighted by Crippen LogP contribution is 2.36. The average Bonchev–Trinajstić information content (AvgIpc) is 2.76. The van der Waals surface area contributed by atoms with Crippen molar-refractivity contribution in [3.8, 4) is 5.75 Å². The Hall–Kier alpha value is -4.12. The molecule has 29 heavy (non-hydrogen) atoms. The molecule has 5 aromatic rings. The SMILES string of the molecule is O=C(O)c1ccc(OOC(=O)c2ccc3ccc4cccc5ccc2c3c45)cc1. The number of hydrogen-bond donors (Lipinski definition) is 1. The fraction of sp³-hybridized carbons (Fsp3) is 0. The van der Waals surface area contributed by atoms with Crippen LogP contribution in [0, 0.1) is 0 Å². The zero-order valence-corrected chi connectivity index (χ0v) is 15.1. The Kier molecular flexibility index (Phi) is 3.81. The van der Waals surface area contributed by atoms with E-state index in [0.717, 1.165) is 32.3 Å². The molecule has 5 rings (SSSR count). The second-order valence-corrected chi connectivity index (χ2v) is 6.75. The van der Waals surface area contributed by atoms with Gasteiger partial charge in [-0.05, 0) is 62.6 Å². The number of hydrogen-bond acceptors (Lipinski definition) is 4. The minimum Gasteiger partial charge on any atom is -0.478 e. The van der Waals surface area contributed by atoms with Crippen LogP contribution in [0.4, 0.5) is 0 Å². The molecule has 0 amide bonds. The van der Waals surface area contributed by atoms with E-state index in [2.05, 4.69) is 18.2 Å². The van der Waals surface area contributed by atoms with Gasteiger partial charge >= 0.3 is 11.9 Å². The molecule has 0 saturated heterocycles. The van der Waals surface area contributed by atoms with Gasteiger partial charge in [0.2, 0.25) is 0 Å². The summed E-state index contributed by atoms with van der Waals surface area (Å²) in [7, 11) is 0. The van der Waals surface area contributed by atoms with E-state index in [-0.39, 0.29) is 11.3 Å². The van der Waals surface area contributed by atoms with Crippen molar-refractivity contribution in [3.63, 3.8) is 0 Å². The minimum atomic E-state index is -1.04. The maximum Gasteiger partial charge on any atom is 0.386 e. The molecule has 5 nitrogen and oxygen atoms in total. The van der Waals surface area contributed by atoms with Crippen LogP contribution < -0.4 is 4.89 Å². The topological polar surface area (TPSA) is 72.8 Å². The van der Waals surface area contributed by atoms with Gasteiger partial charge in [0.15, 0.2) is 5.75 Å². The number of carbonyl (C=O) groups excluding carboxylic acids is 1. The maximum absolute atomic E-state index is 12.7. The van der Waals surface area contributed by atoms with Crippen molar-refractivity contribution in [2.45, 2.75) is 0 Å². The van der Waals surface area contributed by atoms with Crippen LogP contribution in [0.25, 0.3) is 32.3 Å². The standard InChI is InChI=1S/C24H14O5/c25-23(26)17-6-10-18(11-7-17)28-29-24(27)20-13-9-16-5-4-14-2-1-3-15-8-12-19(20)22(16)21(14)15/h1-13H,(H,25,26). The van der Waals surface area contributed by atoms with E-state index in [1.54, 1.807) is 6.07 Å². The van der Waals surface area contributed by atoms with Gasteiger partial charge in [-0.25, -0.2) is 14.5 Å². The molecule has 0 aliphatic carbocycles. The average molecular weight is 382 g/mol. The Morgan fingerprint density at radius 3 is 2.00 bits per heavy atom. The molecule has 5 heteroatoms. The summed E-state index contributed by atoms with van der Waals surface area (Å²) in [6.45, 7) is 0. The number of rotatable bonds is 4. The summed E-state index contributed by atoms with van der Waals surface area (Å²) in [6.07, 6.45) is 0. The van der Waals surface area contributed by atoms with Gasteiger partial charge in [0.25, 0.3) is 0 Å². The number of carbonyl (C=O) groups is 2. The second-order valence-electron chi connectivity index (χ2n) is 6.75. The second kappa shape index (κ2) is 6.49. The van der Waals surface area contributed by atoms with Crippen molar-refractivity contribution in [2.75, 3.05) is 0 Å². The first kappa shape index (κ1) is 17.0. The number of benzene rings is 5. The molecule has 0 fully saturated rings. The fourth-order valence-electron chi connectivity index (χ4n) is 3.70. The van der Waals surface area contributed by atoms with Crippen LogP contribution in [0.5, 0.6) is 5.75 Å². The molecule has 140 valence electrons. The molecule has 0 heterocycles.